The van der Waals surface area contributed by atoms with Crippen LogP contribution in [0, 0.1) is 5.82 Å². The van der Waals surface area contributed by atoms with Gasteiger partial charge in [0.1, 0.15) is 23.5 Å². The molecule has 198 valence electrons. The van der Waals surface area contributed by atoms with Crippen molar-refractivity contribution in [3.8, 4) is 0 Å². The number of hydrogen-bond acceptors (Lipinski definition) is 5. The molecule has 9 nitrogen and oxygen atoms in total. The van der Waals surface area contributed by atoms with Crippen molar-refractivity contribution in [3.05, 3.63) is 65.5 Å². The molecule has 1 aliphatic rings. The number of halogens is 1. The molecule has 0 saturated carbocycles. The summed E-state index contributed by atoms with van der Waals surface area (Å²) >= 11 is 0. The fraction of sp³-hybridized carbons (Fsp3) is 0.407. The van der Waals surface area contributed by atoms with Crippen molar-refractivity contribution in [1.82, 2.24) is 10.6 Å². The zero-order valence-corrected chi connectivity index (χ0v) is 21.3. The summed E-state index contributed by atoms with van der Waals surface area (Å²) in [6.07, 6.45) is -0.817. The Hall–Kier alpha value is -3.95. The van der Waals surface area contributed by atoms with E-state index in [1.54, 1.807) is 57.2 Å². The number of alkyl carbamates (subject to hydrolysis) is 1. The highest BCUT2D eigenvalue weighted by Gasteiger charge is 2.38. The van der Waals surface area contributed by atoms with Crippen LogP contribution >= 0.6 is 0 Å². The number of carbonyl (C=O) groups excluding carboxylic acids is 3. The third kappa shape index (κ3) is 7.28. The van der Waals surface area contributed by atoms with Crippen molar-refractivity contribution in [2.24, 2.45) is 0 Å². The largest absolute Gasteiger partial charge is 0.480 e. The summed E-state index contributed by atoms with van der Waals surface area (Å²) in [5.74, 6) is -2.76. The lowest BCUT2D eigenvalue weighted by molar-refractivity contribution is -0.140. The minimum atomic E-state index is -1.18. The topological polar surface area (TPSA) is 125 Å². The predicted molar refractivity (Wildman–Crippen MR) is 135 cm³/mol. The molecule has 3 amide bonds. The normalized spacial score (nSPS) is 16.8. The Balaban J connectivity index is 1.78. The molecule has 37 heavy (non-hydrogen) atoms. The third-order valence-corrected chi connectivity index (χ3v) is 5.87. The van der Waals surface area contributed by atoms with Gasteiger partial charge in [0.15, 0.2) is 0 Å². The molecule has 1 aliphatic heterocycles. The molecule has 10 heteroatoms. The highest BCUT2D eigenvalue weighted by Crippen LogP contribution is 2.29. The van der Waals surface area contributed by atoms with Crippen molar-refractivity contribution >= 4 is 29.6 Å². The van der Waals surface area contributed by atoms with Gasteiger partial charge in [-0.15, -0.1) is 0 Å². The summed E-state index contributed by atoms with van der Waals surface area (Å²) in [7, 11) is 0. The second kappa shape index (κ2) is 11.4. The molecule has 0 bridgehead atoms. The van der Waals surface area contributed by atoms with Crippen molar-refractivity contribution < 1.29 is 33.4 Å². The number of amides is 3. The van der Waals surface area contributed by atoms with Crippen LogP contribution in [0.4, 0.5) is 14.9 Å². The van der Waals surface area contributed by atoms with Gasteiger partial charge in [-0.2, -0.15) is 0 Å². The van der Waals surface area contributed by atoms with Gasteiger partial charge in [-0.05, 0) is 57.4 Å². The van der Waals surface area contributed by atoms with E-state index in [-0.39, 0.29) is 19.3 Å². The first kappa shape index (κ1) is 27.6. The molecule has 3 N–H and O–H groups in total. The van der Waals surface area contributed by atoms with Crippen LogP contribution in [0.25, 0.3) is 0 Å². The monoisotopic (exact) mass is 513 g/mol. The molecule has 0 spiro atoms. The summed E-state index contributed by atoms with van der Waals surface area (Å²) < 4.78 is 19.6. The van der Waals surface area contributed by atoms with E-state index in [1.807, 2.05) is 0 Å². The number of hydrogen-bond donors (Lipinski definition) is 3. The van der Waals surface area contributed by atoms with E-state index in [9.17, 15) is 28.7 Å². The van der Waals surface area contributed by atoms with Crippen LogP contribution in [-0.4, -0.2) is 52.7 Å². The molecule has 0 fully saturated rings. The maximum absolute atomic E-state index is 14.3. The maximum Gasteiger partial charge on any atom is 0.407 e. The highest BCUT2D eigenvalue weighted by molar-refractivity contribution is 6.05. The van der Waals surface area contributed by atoms with E-state index >= 15 is 0 Å². The van der Waals surface area contributed by atoms with Crippen LogP contribution < -0.4 is 15.5 Å². The molecule has 2 unspecified atom stereocenters. The first-order chi connectivity index (χ1) is 17.4. The van der Waals surface area contributed by atoms with Crippen molar-refractivity contribution in [2.45, 2.75) is 70.7 Å². The Morgan fingerprint density at radius 3 is 2.43 bits per heavy atom. The molecule has 0 saturated heterocycles. The number of carbonyl (C=O) groups is 4. The molecular weight excluding hydrogens is 481 g/mol. The smallest absolute Gasteiger partial charge is 0.407 e. The van der Waals surface area contributed by atoms with Crippen LogP contribution in [0.3, 0.4) is 0 Å². The van der Waals surface area contributed by atoms with E-state index in [4.69, 9.17) is 4.74 Å². The molecule has 2 aromatic rings. The number of carboxylic acid groups (broad SMARTS) is 1. The second-order valence-corrected chi connectivity index (χ2v) is 10.0. The van der Waals surface area contributed by atoms with Gasteiger partial charge in [0.05, 0.1) is 0 Å². The minimum absolute atomic E-state index is 0.0168. The number of rotatable bonds is 8. The zero-order valence-electron chi connectivity index (χ0n) is 21.3. The molecule has 2 aromatic carbocycles. The summed E-state index contributed by atoms with van der Waals surface area (Å²) in [4.78, 5) is 51.5. The van der Waals surface area contributed by atoms with E-state index in [0.717, 1.165) is 5.56 Å². The maximum atomic E-state index is 14.3. The fourth-order valence-corrected chi connectivity index (χ4v) is 4.19. The number of ether oxygens (including phenoxy) is 1. The number of benzene rings is 2. The van der Waals surface area contributed by atoms with Crippen LogP contribution in [0.15, 0.2) is 48.5 Å². The van der Waals surface area contributed by atoms with Gasteiger partial charge < -0.3 is 20.5 Å². The predicted octanol–water partition coefficient (Wildman–Crippen LogP) is 3.20. The highest BCUT2D eigenvalue weighted by atomic mass is 19.1. The molecule has 3 atom stereocenters. The molecule has 0 aromatic heterocycles. The quantitative estimate of drug-likeness (QED) is 0.498. The number of fused-ring (bicyclic) bond motifs is 1. The van der Waals surface area contributed by atoms with E-state index < -0.39 is 53.4 Å². The number of nitrogens with zero attached hydrogens (tertiary/aromatic N) is 1. The molecule has 3 rings (SSSR count). The van der Waals surface area contributed by atoms with Crippen LogP contribution in [-0.2, 0) is 32.0 Å². The van der Waals surface area contributed by atoms with E-state index in [1.165, 1.54) is 24.0 Å². The fourth-order valence-electron chi connectivity index (χ4n) is 4.19. The summed E-state index contributed by atoms with van der Waals surface area (Å²) in [5.41, 5.74) is 0.730. The average molecular weight is 514 g/mol. The van der Waals surface area contributed by atoms with Gasteiger partial charge in [0.2, 0.25) is 5.91 Å². The number of anilines is 1. The Kier molecular flexibility index (Phi) is 8.52. The Bertz CT molecular complexity index is 1180. The summed E-state index contributed by atoms with van der Waals surface area (Å²) in [5, 5.41) is 14.8. The van der Waals surface area contributed by atoms with Crippen LogP contribution in [0.2, 0.25) is 0 Å². The van der Waals surface area contributed by atoms with Crippen LogP contribution in [0.5, 0.6) is 0 Å². The number of para-hydroxylation sites is 1. The van der Waals surface area contributed by atoms with Gasteiger partial charge in [0, 0.05) is 24.6 Å². The van der Waals surface area contributed by atoms with Gasteiger partial charge in [-0.3, -0.25) is 14.5 Å². The Morgan fingerprint density at radius 1 is 1.14 bits per heavy atom. The van der Waals surface area contributed by atoms with E-state index in [2.05, 4.69) is 10.6 Å². The first-order valence-electron chi connectivity index (χ1n) is 12.0. The SMILES string of the molecule is CC(C(=O)O)N1C(=O)C(NC(=O)C[C@@H](Cc2ccccc2F)NC(=O)OC(C)(C)C)Cc2ccccc21. The average Bonchev–Trinajstić information content (AvgIpc) is 2.79. The van der Waals surface area contributed by atoms with Gasteiger partial charge >= 0.3 is 12.1 Å². The van der Waals surface area contributed by atoms with Crippen molar-refractivity contribution in [1.29, 1.82) is 0 Å². The molecular formula is C27H32FN3O6. The summed E-state index contributed by atoms with van der Waals surface area (Å²) in [6, 6.07) is 9.99. The lowest BCUT2D eigenvalue weighted by Gasteiger charge is -2.36. The number of aliphatic carboxylic acids is 1. The molecule has 0 radical (unpaired) electrons. The minimum Gasteiger partial charge on any atom is -0.480 e. The first-order valence-corrected chi connectivity index (χ1v) is 12.0. The van der Waals surface area contributed by atoms with E-state index in [0.29, 0.717) is 11.3 Å². The third-order valence-electron chi connectivity index (χ3n) is 5.87. The zero-order chi connectivity index (χ0) is 27.3. The molecule has 1 heterocycles. The lowest BCUT2D eigenvalue weighted by atomic mass is 9.95. The van der Waals surface area contributed by atoms with Crippen molar-refractivity contribution in [3.63, 3.8) is 0 Å². The van der Waals surface area contributed by atoms with Gasteiger partial charge in [-0.25, -0.2) is 14.0 Å². The Morgan fingerprint density at radius 2 is 1.78 bits per heavy atom. The summed E-state index contributed by atoms with van der Waals surface area (Å²) in [6.45, 7) is 6.49. The standard InChI is InChI=1S/C27H32FN3O6/c1-16(25(34)35)31-22-12-8-6-10-18(22)14-21(24(31)33)30-23(32)15-19(29-26(36)37-27(2,3)4)13-17-9-5-7-11-20(17)28/h5-12,16,19,21H,13-15H2,1-4H3,(H,29,36)(H,30,32)(H,34,35)/t16?,19-,21?/m1/s1. The number of carboxylic acids is 1. The lowest BCUT2D eigenvalue weighted by Crippen LogP contribution is -2.57. The second-order valence-electron chi connectivity index (χ2n) is 10.0. The molecule has 0 aliphatic carbocycles. The van der Waals surface area contributed by atoms with Crippen molar-refractivity contribution in [2.75, 3.05) is 4.90 Å². The van der Waals surface area contributed by atoms with Gasteiger partial charge in [0.25, 0.3) is 5.91 Å². The number of nitrogens with one attached hydrogen (secondary N) is 2. The van der Waals surface area contributed by atoms with Crippen LogP contribution in [0.1, 0.15) is 45.2 Å². The van der Waals surface area contributed by atoms with Gasteiger partial charge in [-0.1, -0.05) is 36.4 Å². The Labute approximate surface area is 215 Å².